The average Bonchev–Trinajstić information content (AvgIpc) is 2.27. The topological polar surface area (TPSA) is 39.2 Å². The van der Waals surface area contributed by atoms with E-state index in [4.69, 9.17) is 4.74 Å². The van der Waals surface area contributed by atoms with Gasteiger partial charge in [0.2, 0.25) is 0 Å². The van der Waals surface area contributed by atoms with Crippen LogP contribution in [-0.4, -0.2) is 18.4 Å². The number of benzene rings is 1. The summed E-state index contributed by atoms with van der Waals surface area (Å²) in [7, 11) is 1.53. The molecule has 0 atom stereocenters. The van der Waals surface area contributed by atoms with Gasteiger partial charge in [-0.1, -0.05) is 18.2 Å². The Hall–Kier alpha value is -1.90. The molecule has 0 N–H and O–H groups in total. The van der Waals surface area contributed by atoms with Gasteiger partial charge in [-0.05, 0) is 12.1 Å². The number of nitrogens with zero attached hydrogens (tertiary/aromatic N) is 1. The fraction of sp³-hybridized carbons (Fsp3) is 0.0909. The lowest BCUT2D eigenvalue weighted by atomic mass is 10.2. The first-order chi connectivity index (χ1) is 6.85. The molecule has 0 spiro atoms. The highest BCUT2D eigenvalue weighted by Crippen LogP contribution is 2.21. The van der Waals surface area contributed by atoms with Crippen molar-refractivity contribution in [3.63, 3.8) is 0 Å². The van der Waals surface area contributed by atoms with Gasteiger partial charge in [0.05, 0.1) is 12.6 Å². The molecule has 0 saturated carbocycles. The van der Waals surface area contributed by atoms with E-state index in [0.29, 0.717) is 17.7 Å². The molecule has 1 aromatic heterocycles. The number of carbonyl (C=O) groups is 1. The zero-order chi connectivity index (χ0) is 9.97. The quantitative estimate of drug-likeness (QED) is 0.675. The Bertz CT molecular complexity index is 480. The van der Waals surface area contributed by atoms with Crippen LogP contribution in [0, 0.1) is 0 Å². The minimum Gasteiger partial charge on any atom is -0.494 e. The molecule has 0 amide bonds. The minimum absolute atomic E-state index is 0.339. The maximum absolute atomic E-state index is 10.7. The number of hydrogen-bond donors (Lipinski definition) is 0. The second-order valence-electron chi connectivity index (χ2n) is 2.89. The van der Waals surface area contributed by atoms with Gasteiger partial charge < -0.3 is 4.74 Å². The van der Waals surface area contributed by atoms with E-state index >= 15 is 0 Å². The molecule has 1 aromatic carbocycles. The Morgan fingerprint density at radius 1 is 1.36 bits per heavy atom. The van der Waals surface area contributed by atoms with E-state index < -0.39 is 0 Å². The molecule has 0 unspecified atom stereocenters. The summed E-state index contributed by atoms with van der Waals surface area (Å²) >= 11 is 0. The first-order valence-electron chi connectivity index (χ1n) is 4.24. The highest BCUT2D eigenvalue weighted by atomic mass is 16.5. The number of rotatable bonds is 2. The minimum atomic E-state index is 0.339. The monoisotopic (exact) mass is 187 g/mol. The standard InChI is InChI=1S/C11H9NO2/c1-14-11-6-8-4-2-3-5-9(8)12-10(11)7-13/h2-7H,1H3. The van der Waals surface area contributed by atoms with Crippen LogP contribution in [0.15, 0.2) is 30.3 Å². The molecule has 1 heterocycles. The first-order valence-corrected chi connectivity index (χ1v) is 4.24. The van der Waals surface area contributed by atoms with Crippen molar-refractivity contribution in [1.29, 1.82) is 0 Å². The zero-order valence-electron chi connectivity index (χ0n) is 7.73. The predicted octanol–water partition coefficient (Wildman–Crippen LogP) is 2.06. The van der Waals surface area contributed by atoms with Gasteiger partial charge in [0.1, 0.15) is 11.4 Å². The summed E-state index contributed by atoms with van der Waals surface area (Å²) in [5.41, 5.74) is 1.14. The summed E-state index contributed by atoms with van der Waals surface area (Å²) in [4.78, 5) is 14.9. The molecule has 2 aromatic rings. The Morgan fingerprint density at radius 2 is 2.14 bits per heavy atom. The molecule has 70 valence electrons. The summed E-state index contributed by atoms with van der Waals surface area (Å²) in [5, 5.41) is 0.968. The molecule has 0 aliphatic carbocycles. The molecule has 0 bridgehead atoms. The molecule has 3 nitrogen and oxygen atoms in total. The zero-order valence-corrected chi connectivity index (χ0v) is 7.73. The Balaban J connectivity index is 2.75. The van der Waals surface area contributed by atoms with Crippen LogP contribution in [0.5, 0.6) is 5.75 Å². The molecular formula is C11H9NO2. The summed E-state index contributed by atoms with van der Waals surface area (Å²) in [5.74, 6) is 0.513. The number of fused-ring (bicyclic) bond motifs is 1. The van der Waals surface area contributed by atoms with Gasteiger partial charge in [0, 0.05) is 5.39 Å². The van der Waals surface area contributed by atoms with Crippen molar-refractivity contribution in [2.45, 2.75) is 0 Å². The van der Waals surface area contributed by atoms with Gasteiger partial charge in [-0.15, -0.1) is 0 Å². The summed E-state index contributed by atoms with van der Waals surface area (Å²) in [6.45, 7) is 0. The highest BCUT2D eigenvalue weighted by Gasteiger charge is 2.05. The maximum Gasteiger partial charge on any atom is 0.172 e. The Kier molecular flexibility index (Phi) is 2.14. The van der Waals surface area contributed by atoms with E-state index in [0.717, 1.165) is 10.9 Å². The number of hydrogen-bond acceptors (Lipinski definition) is 3. The Morgan fingerprint density at radius 3 is 2.86 bits per heavy atom. The van der Waals surface area contributed by atoms with Crippen LogP contribution in [0.4, 0.5) is 0 Å². The second kappa shape index (κ2) is 3.46. The summed E-state index contributed by atoms with van der Waals surface area (Å²) in [6, 6.07) is 9.41. The van der Waals surface area contributed by atoms with Crippen LogP contribution in [0.3, 0.4) is 0 Å². The van der Waals surface area contributed by atoms with Crippen LogP contribution in [0.1, 0.15) is 10.5 Å². The van der Waals surface area contributed by atoms with Crippen LogP contribution >= 0.6 is 0 Å². The van der Waals surface area contributed by atoms with E-state index in [9.17, 15) is 4.79 Å². The largest absolute Gasteiger partial charge is 0.494 e. The first kappa shape index (κ1) is 8.69. The lowest BCUT2D eigenvalue weighted by molar-refractivity contribution is 0.111. The normalized spacial score (nSPS) is 10.1. The predicted molar refractivity (Wildman–Crippen MR) is 53.7 cm³/mol. The fourth-order valence-electron chi connectivity index (χ4n) is 1.36. The van der Waals surface area contributed by atoms with E-state index in [1.807, 2.05) is 30.3 Å². The molecule has 3 heteroatoms. The molecular weight excluding hydrogens is 178 g/mol. The maximum atomic E-state index is 10.7. The summed E-state index contributed by atoms with van der Waals surface area (Å²) in [6.07, 6.45) is 0.700. The van der Waals surface area contributed by atoms with E-state index in [2.05, 4.69) is 4.98 Å². The molecule has 0 aliphatic heterocycles. The van der Waals surface area contributed by atoms with Gasteiger partial charge in [-0.3, -0.25) is 4.79 Å². The van der Waals surface area contributed by atoms with Crippen molar-refractivity contribution < 1.29 is 9.53 Å². The lowest BCUT2D eigenvalue weighted by Gasteiger charge is -2.04. The van der Waals surface area contributed by atoms with Crippen molar-refractivity contribution in [1.82, 2.24) is 4.98 Å². The van der Waals surface area contributed by atoms with Crippen LogP contribution in [0.25, 0.3) is 10.9 Å². The smallest absolute Gasteiger partial charge is 0.172 e. The fourth-order valence-corrected chi connectivity index (χ4v) is 1.36. The molecule has 14 heavy (non-hydrogen) atoms. The molecule has 2 rings (SSSR count). The van der Waals surface area contributed by atoms with Gasteiger partial charge in [0.15, 0.2) is 6.29 Å². The third-order valence-electron chi connectivity index (χ3n) is 2.05. The van der Waals surface area contributed by atoms with Gasteiger partial charge in [-0.25, -0.2) is 4.98 Å². The number of methoxy groups -OCH3 is 1. The van der Waals surface area contributed by atoms with Crippen molar-refractivity contribution in [3.8, 4) is 5.75 Å². The van der Waals surface area contributed by atoms with E-state index in [1.165, 1.54) is 7.11 Å². The van der Waals surface area contributed by atoms with E-state index in [1.54, 1.807) is 0 Å². The highest BCUT2D eigenvalue weighted by molar-refractivity contribution is 5.86. The van der Waals surface area contributed by atoms with Gasteiger partial charge in [-0.2, -0.15) is 0 Å². The second-order valence-corrected chi connectivity index (χ2v) is 2.89. The number of carbonyl (C=O) groups excluding carboxylic acids is 1. The van der Waals surface area contributed by atoms with Gasteiger partial charge >= 0.3 is 0 Å². The number of pyridine rings is 1. The molecule has 0 saturated heterocycles. The van der Waals surface area contributed by atoms with Crippen molar-refractivity contribution in [2.75, 3.05) is 7.11 Å². The van der Waals surface area contributed by atoms with Crippen molar-refractivity contribution in [2.24, 2.45) is 0 Å². The molecule has 0 aliphatic rings. The number of ether oxygens (including phenoxy) is 1. The molecule has 0 fully saturated rings. The Labute approximate surface area is 81.3 Å². The van der Waals surface area contributed by atoms with E-state index in [-0.39, 0.29) is 0 Å². The SMILES string of the molecule is COc1cc2ccccc2nc1C=O. The third kappa shape index (κ3) is 1.33. The van der Waals surface area contributed by atoms with Gasteiger partial charge in [0.25, 0.3) is 0 Å². The average molecular weight is 187 g/mol. The van der Waals surface area contributed by atoms with Crippen LogP contribution < -0.4 is 4.74 Å². The number of aldehydes is 1. The van der Waals surface area contributed by atoms with Crippen LogP contribution in [0.2, 0.25) is 0 Å². The lowest BCUT2D eigenvalue weighted by Crippen LogP contribution is -1.94. The molecule has 0 radical (unpaired) electrons. The van der Waals surface area contributed by atoms with Crippen molar-refractivity contribution in [3.05, 3.63) is 36.0 Å². The van der Waals surface area contributed by atoms with Crippen molar-refractivity contribution >= 4 is 17.2 Å². The summed E-state index contributed by atoms with van der Waals surface area (Å²) < 4.78 is 5.05. The van der Waals surface area contributed by atoms with Crippen LogP contribution in [-0.2, 0) is 0 Å². The number of para-hydroxylation sites is 1. The third-order valence-corrected chi connectivity index (χ3v) is 2.05. The number of aromatic nitrogens is 1.